The molecule has 0 saturated heterocycles. The van der Waals surface area contributed by atoms with Gasteiger partial charge in [-0.05, 0) is 35.4 Å². The standard InChI is InChI=1S/C15H19N5O2/c21-15(11-22-13-8-2-1-3-9-13)16-10-14-17-18-19-20(14)12-6-4-5-7-12/h1-3,8-9,12H,4-7,10-11H2,(H,16,21). The Kier molecular flexibility index (Phi) is 4.62. The number of amides is 1. The molecule has 0 aliphatic heterocycles. The Morgan fingerprint density at radius 1 is 1.27 bits per heavy atom. The van der Waals surface area contributed by atoms with Crippen molar-refractivity contribution in [1.82, 2.24) is 25.5 Å². The molecule has 116 valence electrons. The van der Waals surface area contributed by atoms with Crippen LogP contribution in [0, 0.1) is 0 Å². The minimum absolute atomic E-state index is 0.0188. The fraction of sp³-hybridized carbons (Fsp3) is 0.467. The van der Waals surface area contributed by atoms with E-state index in [9.17, 15) is 4.79 Å². The maximum Gasteiger partial charge on any atom is 0.258 e. The molecular formula is C15H19N5O2. The number of hydrogen-bond acceptors (Lipinski definition) is 5. The van der Waals surface area contributed by atoms with Gasteiger partial charge in [-0.1, -0.05) is 31.0 Å². The van der Waals surface area contributed by atoms with Crippen LogP contribution >= 0.6 is 0 Å². The number of benzene rings is 1. The zero-order chi connectivity index (χ0) is 15.2. The molecule has 3 rings (SSSR count). The minimum atomic E-state index is -0.190. The molecule has 1 aromatic carbocycles. The number of aromatic nitrogens is 4. The minimum Gasteiger partial charge on any atom is -0.484 e. The second-order valence-electron chi connectivity index (χ2n) is 5.36. The van der Waals surface area contributed by atoms with E-state index in [1.54, 1.807) is 0 Å². The predicted molar refractivity (Wildman–Crippen MR) is 79.1 cm³/mol. The van der Waals surface area contributed by atoms with Gasteiger partial charge in [0, 0.05) is 0 Å². The van der Waals surface area contributed by atoms with Gasteiger partial charge in [-0.15, -0.1) is 5.10 Å². The molecule has 1 amide bonds. The maximum atomic E-state index is 11.8. The van der Waals surface area contributed by atoms with Gasteiger partial charge in [0.2, 0.25) is 0 Å². The van der Waals surface area contributed by atoms with Crippen LogP contribution in [0.2, 0.25) is 0 Å². The Balaban J connectivity index is 1.48. The Hall–Kier alpha value is -2.44. The monoisotopic (exact) mass is 301 g/mol. The number of tetrazole rings is 1. The largest absolute Gasteiger partial charge is 0.484 e. The summed E-state index contributed by atoms with van der Waals surface area (Å²) in [6, 6.07) is 9.62. The van der Waals surface area contributed by atoms with Gasteiger partial charge < -0.3 is 10.1 Å². The lowest BCUT2D eigenvalue weighted by Gasteiger charge is -2.12. The molecule has 1 N–H and O–H groups in total. The Bertz CT molecular complexity index is 607. The molecule has 1 aliphatic carbocycles. The number of hydrogen-bond donors (Lipinski definition) is 1. The quantitative estimate of drug-likeness (QED) is 0.874. The van der Waals surface area contributed by atoms with Crippen molar-refractivity contribution in [1.29, 1.82) is 0 Å². The second kappa shape index (κ2) is 7.02. The van der Waals surface area contributed by atoms with E-state index in [0.29, 0.717) is 24.2 Å². The van der Waals surface area contributed by atoms with Gasteiger partial charge in [0.25, 0.3) is 5.91 Å². The molecule has 1 fully saturated rings. The molecule has 7 nitrogen and oxygen atoms in total. The number of carbonyl (C=O) groups is 1. The highest BCUT2D eigenvalue weighted by atomic mass is 16.5. The van der Waals surface area contributed by atoms with Crippen LogP contribution in [-0.2, 0) is 11.3 Å². The topological polar surface area (TPSA) is 81.9 Å². The molecular weight excluding hydrogens is 282 g/mol. The first-order valence-electron chi connectivity index (χ1n) is 7.54. The normalized spacial score (nSPS) is 14.9. The van der Waals surface area contributed by atoms with Gasteiger partial charge in [0.15, 0.2) is 12.4 Å². The number of ether oxygens (including phenoxy) is 1. The average molecular weight is 301 g/mol. The molecule has 22 heavy (non-hydrogen) atoms. The van der Waals surface area contributed by atoms with Crippen molar-refractivity contribution in [3.63, 3.8) is 0 Å². The van der Waals surface area contributed by atoms with E-state index in [-0.39, 0.29) is 12.5 Å². The Labute approximate surface area is 128 Å². The molecule has 1 aliphatic rings. The van der Waals surface area contributed by atoms with Gasteiger partial charge in [-0.25, -0.2) is 4.68 Å². The first kappa shape index (κ1) is 14.5. The molecule has 1 saturated carbocycles. The van der Waals surface area contributed by atoms with Crippen LogP contribution < -0.4 is 10.1 Å². The molecule has 0 radical (unpaired) electrons. The van der Waals surface area contributed by atoms with Gasteiger partial charge in [-0.3, -0.25) is 4.79 Å². The molecule has 0 bridgehead atoms. The highest BCUT2D eigenvalue weighted by Crippen LogP contribution is 2.28. The third-order valence-corrected chi connectivity index (χ3v) is 3.79. The van der Waals surface area contributed by atoms with Crippen molar-refractivity contribution in [2.45, 2.75) is 38.3 Å². The zero-order valence-electron chi connectivity index (χ0n) is 12.3. The lowest BCUT2D eigenvalue weighted by Crippen LogP contribution is -2.30. The van der Waals surface area contributed by atoms with Crippen LogP contribution in [0.15, 0.2) is 30.3 Å². The van der Waals surface area contributed by atoms with Gasteiger partial charge in [0.05, 0.1) is 12.6 Å². The predicted octanol–water partition coefficient (Wildman–Crippen LogP) is 1.48. The average Bonchev–Trinajstić information content (AvgIpc) is 3.22. The number of rotatable bonds is 6. The number of carbonyl (C=O) groups excluding carboxylic acids is 1. The first-order chi connectivity index (χ1) is 10.8. The lowest BCUT2D eigenvalue weighted by atomic mass is 10.2. The van der Waals surface area contributed by atoms with Gasteiger partial charge in [-0.2, -0.15) is 0 Å². The third-order valence-electron chi connectivity index (χ3n) is 3.79. The maximum absolute atomic E-state index is 11.8. The third kappa shape index (κ3) is 3.60. The summed E-state index contributed by atoms with van der Waals surface area (Å²) in [6.45, 7) is 0.301. The highest BCUT2D eigenvalue weighted by molar-refractivity contribution is 5.77. The highest BCUT2D eigenvalue weighted by Gasteiger charge is 2.21. The van der Waals surface area contributed by atoms with E-state index >= 15 is 0 Å². The van der Waals surface area contributed by atoms with Gasteiger partial charge >= 0.3 is 0 Å². The summed E-state index contributed by atoms with van der Waals surface area (Å²) in [5, 5.41) is 14.6. The van der Waals surface area contributed by atoms with Crippen LogP contribution in [-0.4, -0.2) is 32.7 Å². The molecule has 1 aromatic heterocycles. The van der Waals surface area contributed by atoms with Crippen LogP contribution in [0.1, 0.15) is 37.5 Å². The molecule has 0 unspecified atom stereocenters. The van der Waals surface area contributed by atoms with Crippen molar-refractivity contribution in [2.75, 3.05) is 6.61 Å². The summed E-state index contributed by atoms with van der Waals surface area (Å²) in [4.78, 5) is 11.8. The zero-order valence-corrected chi connectivity index (χ0v) is 12.3. The SMILES string of the molecule is O=C(COc1ccccc1)NCc1nnnn1C1CCCC1. The van der Waals surface area contributed by atoms with Crippen molar-refractivity contribution in [3.05, 3.63) is 36.2 Å². The van der Waals surface area contributed by atoms with Gasteiger partial charge in [0.1, 0.15) is 5.75 Å². The van der Waals surface area contributed by atoms with E-state index in [0.717, 1.165) is 12.8 Å². The lowest BCUT2D eigenvalue weighted by molar-refractivity contribution is -0.123. The molecule has 7 heteroatoms. The van der Waals surface area contributed by atoms with E-state index in [1.165, 1.54) is 12.8 Å². The first-order valence-corrected chi connectivity index (χ1v) is 7.54. The van der Waals surface area contributed by atoms with Crippen molar-refractivity contribution in [3.8, 4) is 5.75 Å². The second-order valence-corrected chi connectivity index (χ2v) is 5.36. The van der Waals surface area contributed by atoms with E-state index in [4.69, 9.17) is 4.74 Å². The summed E-state index contributed by atoms with van der Waals surface area (Å²) < 4.78 is 7.24. The van der Waals surface area contributed by atoms with Crippen molar-refractivity contribution in [2.24, 2.45) is 0 Å². The molecule has 2 aromatic rings. The van der Waals surface area contributed by atoms with Crippen LogP contribution in [0.5, 0.6) is 5.75 Å². The Morgan fingerprint density at radius 3 is 2.82 bits per heavy atom. The summed E-state index contributed by atoms with van der Waals surface area (Å²) >= 11 is 0. The summed E-state index contributed by atoms with van der Waals surface area (Å²) in [7, 11) is 0. The fourth-order valence-electron chi connectivity index (χ4n) is 2.66. The van der Waals surface area contributed by atoms with Crippen molar-refractivity contribution < 1.29 is 9.53 Å². The summed E-state index contributed by atoms with van der Waals surface area (Å²) in [5.41, 5.74) is 0. The summed E-state index contributed by atoms with van der Waals surface area (Å²) in [5.74, 6) is 1.18. The van der Waals surface area contributed by atoms with Crippen LogP contribution in [0.3, 0.4) is 0 Å². The Morgan fingerprint density at radius 2 is 2.05 bits per heavy atom. The van der Waals surface area contributed by atoms with E-state index < -0.39 is 0 Å². The number of para-hydroxylation sites is 1. The fourth-order valence-corrected chi connectivity index (χ4v) is 2.66. The summed E-state index contributed by atoms with van der Waals surface area (Å²) in [6.07, 6.45) is 4.62. The van der Waals surface area contributed by atoms with E-state index in [1.807, 2.05) is 35.0 Å². The number of nitrogens with one attached hydrogen (secondary N) is 1. The van der Waals surface area contributed by atoms with Crippen LogP contribution in [0.25, 0.3) is 0 Å². The number of nitrogens with zero attached hydrogens (tertiary/aromatic N) is 4. The molecule has 0 atom stereocenters. The van der Waals surface area contributed by atoms with E-state index in [2.05, 4.69) is 20.8 Å². The molecule has 0 spiro atoms. The van der Waals surface area contributed by atoms with Crippen LogP contribution in [0.4, 0.5) is 0 Å². The molecule has 1 heterocycles. The van der Waals surface area contributed by atoms with Crippen molar-refractivity contribution >= 4 is 5.91 Å². The smallest absolute Gasteiger partial charge is 0.258 e.